The summed E-state index contributed by atoms with van der Waals surface area (Å²) in [7, 11) is 0. The van der Waals surface area contributed by atoms with Crippen molar-refractivity contribution in [3.8, 4) is 0 Å². The third-order valence-corrected chi connectivity index (χ3v) is 4.72. The van der Waals surface area contributed by atoms with Gasteiger partial charge in [-0.05, 0) is 31.2 Å². The number of benzene rings is 1. The highest BCUT2D eigenvalue weighted by Crippen LogP contribution is 2.32. The van der Waals surface area contributed by atoms with Crippen LogP contribution < -0.4 is 0 Å². The molecule has 1 aliphatic heterocycles. The molecule has 0 aromatic heterocycles. The van der Waals surface area contributed by atoms with E-state index in [0.717, 1.165) is 5.56 Å². The highest BCUT2D eigenvalue weighted by molar-refractivity contribution is 5.82. The number of carboxylic acids is 1. The highest BCUT2D eigenvalue weighted by Gasteiger charge is 2.43. The summed E-state index contributed by atoms with van der Waals surface area (Å²) in [5.41, 5.74) is 0.346. The van der Waals surface area contributed by atoms with Crippen LogP contribution in [0.1, 0.15) is 32.8 Å². The minimum Gasteiger partial charge on any atom is -0.481 e. The van der Waals surface area contributed by atoms with E-state index in [-0.39, 0.29) is 17.7 Å². The van der Waals surface area contributed by atoms with Crippen LogP contribution in [0.2, 0.25) is 0 Å². The first-order valence-electron chi connectivity index (χ1n) is 7.89. The number of amides is 1. The van der Waals surface area contributed by atoms with E-state index < -0.39 is 11.4 Å². The van der Waals surface area contributed by atoms with Crippen molar-refractivity contribution >= 4 is 11.9 Å². The van der Waals surface area contributed by atoms with E-state index in [2.05, 4.69) is 13.8 Å². The lowest BCUT2D eigenvalue weighted by Crippen LogP contribution is -2.40. The first-order chi connectivity index (χ1) is 10.3. The fourth-order valence-electron chi connectivity index (χ4n) is 3.03. The number of carbonyl (C=O) groups excluding carboxylic acids is 1. The van der Waals surface area contributed by atoms with Gasteiger partial charge in [-0.3, -0.25) is 9.59 Å². The van der Waals surface area contributed by atoms with Crippen LogP contribution in [0.15, 0.2) is 30.3 Å². The van der Waals surface area contributed by atoms with Gasteiger partial charge < -0.3 is 10.0 Å². The van der Waals surface area contributed by atoms with Crippen LogP contribution in [0.4, 0.5) is 0 Å². The second-order valence-corrected chi connectivity index (χ2v) is 6.92. The smallest absolute Gasteiger partial charge is 0.311 e. The van der Waals surface area contributed by atoms with Crippen molar-refractivity contribution in [1.29, 1.82) is 0 Å². The average Bonchev–Trinajstić information content (AvgIpc) is 2.89. The molecular weight excluding hydrogens is 278 g/mol. The van der Waals surface area contributed by atoms with Crippen molar-refractivity contribution in [2.45, 2.75) is 33.6 Å². The Morgan fingerprint density at radius 1 is 1.27 bits per heavy atom. The minimum absolute atomic E-state index is 0.0869. The predicted octanol–water partition coefficient (Wildman–Crippen LogP) is 2.82. The molecule has 2 atom stereocenters. The summed E-state index contributed by atoms with van der Waals surface area (Å²) in [6.07, 6.45) is 1.24. The van der Waals surface area contributed by atoms with Crippen molar-refractivity contribution < 1.29 is 14.7 Å². The van der Waals surface area contributed by atoms with Crippen LogP contribution >= 0.6 is 0 Å². The van der Waals surface area contributed by atoms with Crippen LogP contribution in [-0.4, -0.2) is 35.0 Å². The number of likely N-dealkylation sites (tertiary alicyclic amines) is 1. The Morgan fingerprint density at radius 2 is 1.91 bits per heavy atom. The molecule has 1 fully saturated rings. The Kier molecular flexibility index (Phi) is 4.89. The number of carboxylic acid groups (broad SMARTS) is 1. The first-order valence-corrected chi connectivity index (χ1v) is 7.89. The average molecular weight is 303 g/mol. The monoisotopic (exact) mass is 303 g/mol. The number of aliphatic carboxylic acids is 1. The molecule has 1 aliphatic rings. The molecule has 0 aliphatic carbocycles. The highest BCUT2D eigenvalue weighted by atomic mass is 16.4. The van der Waals surface area contributed by atoms with E-state index in [9.17, 15) is 14.7 Å². The molecule has 22 heavy (non-hydrogen) atoms. The van der Waals surface area contributed by atoms with Crippen LogP contribution in [0.3, 0.4) is 0 Å². The molecular formula is C18H25NO3. The lowest BCUT2D eigenvalue weighted by Gasteiger charge is -2.27. The third-order valence-electron chi connectivity index (χ3n) is 4.72. The van der Waals surface area contributed by atoms with Crippen molar-refractivity contribution in [2.75, 3.05) is 13.1 Å². The van der Waals surface area contributed by atoms with E-state index in [0.29, 0.717) is 25.9 Å². The molecule has 4 heteroatoms. The van der Waals surface area contributed by atoms with Gasteiger partial charge >= 0.3 is 5.97 Å². The molecule has 0 bridgehead atoms. The van der Waals surface area contributed by atoms with Crippen LogP contribution in [0.25, 0.3) is 0 Å². The van der Waals surface area contributed by atoms with Crippen molar-refractivity contribution in [3.05, 3.63) is 35.9 Å². The second kappa shape index (κ2) is 6.51. The zero-order valence-corrected chi connectivity index (χ0v) is 13.6. The maximum Gasteiger partial charge on any atom is 0.311 e. The summed E-state index contributed by atoms with van der Waals surface area (Å²) in [5.74, 6) is -0.598. The fraction of sp³-hybridized carbons (Fsp3) is 0.556. The summed E-state index contributed by atoms with van der Waals surface area (Å²) in [6, 6.07) is 10.00. The largest absolute Gasteiger partial charge is 0.481 e. The number of carbonyl (C=O) groups is 2. The molecule has 1 aromatic rings. The van der Waals surface area contributed by atoms with Gasteiger partial charge in [0.2, 0.25) is 5.91 Å². The SMILES string of the molecule is CC(C)C(Cc1ccccc1)C(=O)N1CCC(C)(C(=O)O)C1. The Hall–Kier alpha value is -1.84. The number of rotatable bonds is 5. The van der Waals surface area contributed by atoms with Gasteiger partial charge in [-0.1, -0.05) is 44.2 Å². The van der Waals surface area contributed by atoms with Crippen LogP contribution in [0, 0.1) is 17.3 Å². The lowest BCUT2D eigenvalue weighted by molar-refractivity contribution is -0.147. The van der Waals surface area contributed by atoms with Gasteiger partial charge in [-0.2, -0.15) is 0 Å². The minimum atomic E-state index is -0.813. The molecule has 120 valence electrons. The third kappa shape index (κ3) is 3.49. The van der Waals surface area contributed by atoms with Gasteiger partial charge in [0.25, 0.3) is 0 Å². The number of hydrogen-bond acceptors (Lipinski definition) is 2. The van der Waals surface area contributed by atoms with Crippen molar-refractivity contribution in [2.24, 2.45) is 17.3 Å². The summed E-state index contributed by atoms with van der Waals surface area (Å²) in [5, 5.41) is 9.32. The van der Waals surface area contributed by atoms with Gasteiger partial charge in [-0.15, -0.1) is 0 Å². The molecule has 1 aromatic carbocycles. The maximum absolute atomic E-state index is 12.8. The second-order valence-electron chi connectivity index (χ2n) is 6.92. The normalized spacial score (nSPS) is 22.8. The molecule has 0 radical (unpaired) electrons. The molecule has 1 N–H and O–H groups in total. The zero-order valence-electron chi connectivity index (χ0n) is 13.6. The van der Waals surface area contributed by atoms with Gasteiger partial charge in [-0.25, -0.2) is 0 Å². The molecule has 0 spiro atoms. The van der Waals surface area contributed by atoms with Gasteiger partial charge in [0.15, 0.2) is 0 Å². The molecule has 2 unspecified atom stereocenters. The Labute approximate surface area is 132 Å². The van der Waals surface area contributed by atoms with Gasteiger partial charge in [0.05, 0.1) is 5.41 Å². The molecule has 2 rings (SSSR count). The Morgan fingerprint density at radius 3 is 2.41 bits per heavy atom. The summed E-state index contributed by atoms with van der Waals surface area (Å²) in [4.78, 5) is 25.9. The van der Waals surface area contributed by atoms with E-state index in [1.165, 1.54) is 0 Å². The first kappa shape index (κ1) is 16.5. The molecule has 0 saturated carbocycles. The summed E-state index contributed by atoms with van der Waals surface area (Å²) >= 11 is 0. The Bertz CT molecular complexity index is 541. The Balaban J connectivity index is 2.10. The zero-order chi connectivity index (χ0) is 16.3. The standard InChI is InChI=1S/C18H25NO3/c1-13(2)15(11-14-7-5-4-6-8-14)16(20)19-10-9-18(3,12-19)17(21)22/h4-8,13,15H,9-12H2,1-3H3,(H,21,22). The topological polar surface area (TPSA) is 57.6 Å². The summed E-state index contributed by atoms with van der Waals surface area (Å²) < 4.78 is 0. The maximum atomic E-state index is 12.8. The van der Waals surface area contributed by atoms with E-state index in [4.69, 9.17) is 0 Å². The number of nitrogens with zero attached hydrogens (tertiary/aromatic N) is 1. The molecule has 4 nitrogen and oxygen atoms in total. The molecule has 1 saturated heterocycles. The van der Waals surface area contributed by atoms with Gasteiger partial charge in [0.1, 0.15) is 0 Å². The van der Waals surface area contributed by atoms with Crippen molar-refractivity contribution in [3.63, 3.8) is 0 Å². The van der Waals surface area contributed by atoms with Gasteiger partial charge in [0, 0.05) is 19.0 Å². The fourth-order valence-corrected chi connectivity index (χ4v) is 3.03. The molecule has 1 heterocycles. The van der Waals surface area contributed by atoms with E-state index in [1.54, 1.807) is 11.8 Å². The van der Waals surface area contributed by atoms with Crippen molar-refractivity contribution in [1.82, 2.24) is 4.90 Å². The predicted molar refractivity (Wildman–Crippen MR) is 85.4 cm³/mol. The summed E-state index contributed by atoms with van der Waals surface area (Å²) in [6.45, 7) is 6.69. The van der Waals surface area contributed by atoms with Crippen LogP contribution in [0.5, 0.6) is 0 Å². The molecule has 1 amide bonds. The number of hydrogen-bond donors (Lipinski definition) is 1. The van der Waals surface area contributed by atoms with E-state index in [1.807, 2.05) is 30.3 Å². The quantitative estimate of drug-likeness (QED) is 0.910. The van der Waals surface area contributed by atoms with Crippen LogP contribution in [-0.2, 0) is 16.0 Å². The lowest BCUT2D eigenvalue weighted by atomic mass is 9.87. The van der Waals surface area contributed by atoms with E-state index >= 15 is 0 Å².